The molecule has 6 heteroatoms. The average molecular weight is 170 g/mol. The average Bonchev–Trinajstić information content (AvgIpc) is 2.28. The second-order valence-corrected chi connectivity index (χ2v) is 2.41. The van der Waals surface area contributed by atoms with Crippen LogP contribution in [0.1, 0.15) is 0 Å². The van der Waals surface area contributed by atoms with E-state index in [1.807, 2.05) is 0 Å². The first-order valence-electron chi connectivity index (χ1n) is 3.28. The fourth-order valence-electron chi connectivity index (χ4n) is 1.07. The number of benzene rings is 1. The van der Waals surface area contributed by atoms with Gasteiger partial charge in [-0.15, -0.1) is 10.5 Å². The van der Waals surface area contributed by atoms with Gasteiger partial charge in [-0.2, -0.15) is 0 Å². The third-order valence-electron chi connectivity index (χ3n) is 1.63. The molecule has 1 aromatic carbocycles. The Morgan fingerprint density at radius 2 is 1.83 bits per heavy atom. The molecular weight excluding hydrogens is 164 g/mol. The van der Waals surface area contributed by atoms with Gasteiger partial charge in [0.05, 0.1) is 6.07 Å². The monoisotopic (exact) mass is 170 g/mol. The Bertz CT molecular complexity index is 316. The highest BCUT2D eigenvalue weighted by atomic mass is 17.1. The number of aromatic hydroxyl groups is 1. The van der Waals surface area contributed by atoms with E-state index in [0.29, 0.717) is 0 Å². The standard InChI is InChI=1S/C6H6N2O4/c9-4-1-2-5-6(3-4)8(11)12-7(5)10/h1-3,7-9H. The number of fused-ring (bicyclic) bond motifs is 1. The maximum atomic E-state index is 10.9. The van der Waals surface area contributed by atoms with E-state index < -0.39 is 10.5 Å². The van der Waals surface area contributed by atoms with Crippen molar-refractivity contribution < 1.29 is 20.5 Å². The SMILES string of the molecule is [O-][NH+]1O[NH+]([O-])c2cc(O)ccc21. The van der Waals surface area contributed by atoms with Crippen molar-refractivity contribution in [2.45, 2.75) is 0 Å². The fourth-order valence-corrected chi connectivity index (χ4v) is 1.07. The summed E-state index contributed by atoms with van der Waals surface area (Å²) in [5.41, 5.74) is 0.331. The summed E-state index contributed by atoms with van der Waals surface area (Å²) in [7, 11) is 0. The second kappa shape index (κ2) is 2.41. The summed E-state index contributed by atoms with van der Waals surface area (Å²) in [5, 5.41) is 29.4. The molecule has 0 radical (unpaired) electrons. The molecule has 64 valence electrons. The molecule has 6 nitrogen and oxygen atoms in total. The third kappa shape index (κ3) is 0.951. The lowest BCUT2D eigenvalue weighted by Gasteiger charge is -2.10. The maximum absolute atomic E-state index is 10.9. The van der Waals surface area contributed by atoms with Crippen LogP contribution in [0, 0.1) is 10.4 Å². The van der Waals surface area contributed by atoms with E-state index in [2.05, 4.69) is 4.94 Å². The second-order valence-electron chi connectivity index (χ2n) is 2.41. The first-order valence-corrected chi connectivity index (χ1v) is 3.28. The summed E-state index contributed by atoms with van der Waals surface area (Å²) >= 11 is 0. The van der Waals surface area contributed by atoms with Gasteiger partial charge in [0.1, 0.15) is 5.75 Å². The molecular formula is C6H6N2O4. The van der Waals surface area contributed by atoms with Crippen molar-refractivity contribution in [2.24, 2.45) is 0 Å². The first kappa shape index (κ1) is 7.47. The Balaban J connectivity index is 2.53. The van der Waals surface area contributed by atoms with Crippen molar-refractivity contribution in [1.82, 2.24) is 0 Å². The molecule has 2 rings (SSSR count). The number of nitrogens with one attached hydrogen (secondary N) is 2. The highest BCUT2D eigenvalue weighted by molar-refractivity contribution is 5.55. The van der Waals surface area contributed by atoms with Gasteiger partial charge in [0, 0.05) is 11.0 Å². The number of phenols is 1. The molecule has 1 heterocycles. The Hall–Kier alpha value is -1.18. The van der Waals surface area contributed by atoms with Gasteiger partial charge in [-0.1, -0.05) is 0 Å². The lowest BCUT2D eigenvalue weighted by Crippen LogP contribution is -3.15. The Labute approximate surface area is 67.3 Å². The van der Waals surface area contributed by atoms with E-state index in [4.69, 9.17) is 5.11 Å². The molecule has 0 fully saturated rings. The summed E-state index contributed by atoms with van der Waals surface area (Å²) in [6, 6.07) is 3.90. The molecule has 3 N–H and O–H groups in total. The van der Waals surface area contributed by atoms with Crippen LogP contribution in [0.25, 0.3) is 0 Å². The van der Waals surface area contributed by atoms with Crippen LogP contribution < -0.4 is 10.5 Å². The van der Waals surface area contributed by atoms with Gasteiger partial charge in [0.15, 0.2) is 0 Å². The molecule has 12 heavy (non-hydrogen) atoms. The largest absolute Gasteiger partial charge is 0.590 e. The molecule has 0 amide bonds. The summed E-state index contributed by atoms with van der Waals surface area (Å²) in [6.45, 7) is 0. The molecule has 2 unspecified atom stereocenters. The number of phenolic OH excluding ortho intramolecular Hbond substituents is 1. The molecule has 1 aliphatic rings. The van der Waals surface area contributed by atoms with Crippen molar-refractivity contribution in [3.8, 4) is 5.75 Å². The molecule has 0 aromatic heterocycles. The molecule has 0 spiro atoms. The van der Waals surface area contributed by atoms with Gasteiger partial charge in [-0.3, -0.25) is 0 Å². The van der Waals surface area contributed by atoms with Crippen molar-refractivity contribution >= 4 is 11.4 Å². The van der Waals surface area contributed by atoms with E-state index in [-0.39, 0.29) is 17.1 Å². The normalized spacial score (nSPS) is 27.2. The van der Waals surface area contributed by atoms with E-state index in [1.165, 1.54) is 18.2 Å². The van der Waals surface area contributed by atoms with E-state index in [9.17, 15) is 10.4 Å². The van der Waals surface area contributed by atoms with Gasteiger partial charge >= 0.3 is 0 Å². The van der Waals surface area contributed by atoms with Crippen LogP contribution in [-0.2, 0) is 4.94 Å². The Morgan fingerprint density at radius 3 is 2.58 bits per heavy atom. The summed E-state index contributed by atoms with van der Waals surface area (Å²) < 4.78 is 0. The zero-order chi connectivity index (χ0) is 8.72. The van der Waals surface area contributed by atoms with Gasteiger partial charge in [0.25, 0.3) is 0 Å². The van der Waals surface area contributed by atoms with Crippen molar-refractivity contribution in [3.05, 3.63) is 28.6 Å². The number of quaternary nitrogens is 2. The zero-order valence-corrected chi connectivity index (χ0v) is 5.90. The predicted molar refractivity (Wildman–Crippen MR) is 37.2 cm³/mol. The van der Waals surface area contributed by atoms with Gasteiger partial charge < -0.3 is 15.5 Å². The molecule has 0 saturated heterocycles. The van der Waals surface area contributed by atoms with Crippen molar-refractivity contribution in [1.29, 1.82) is 0 Å². The van der Waals surface area contributed by atoms with E-state index >= 15 is 0 Å². The molecule has 1 aliphatic heterocycles. The fraction of sp³-hybridized carbons (Fsp3) is 0. The summed E-state index contributed by atoms with van der Waals surface area (Å²) in [5.74, 6) is -0.0552. The quantitative estimate of drug-likeness (QED) is 0.319. The van der Waals surface area contributed by atoms with Crippen LogP contribution in [0.2, 0.25) is 0 Å². The smallest absolute Gasteiger partial charge is 0.237 e. The Morgan fingerprint density at radius 1 is 1.17 bits per heavy atom. The molecule has 0 aliphatic carbocycles. The van der Waals surface area contributed by atoms with Gasteiger partial charge in [0.2, 0.25) is 11.4 Å². The van der Waals surface area contributed by atoms with Crippen LogP contribution in [-0.4, -0.2) is 5.11 Å². The minimum Gasteiger partial charge on any atom is -0.590 e. The minimum atomic E-state index is -0.703. The molecule has 0 bridgehead atoms. The number of hydrogen-bond acceptors (Lipinski definition) is 4. The van der Waals surface area contributed by atoms with Crippen molar-refractivity contribution in [2.75, 3.05) is 0 Å². The maximum Gasteiger partial charge on any atom is 0.237 e. The van der Waals surface area contributed by atoms with Gasteiger partial charge in [-0.05, 0) is 6.07 Å². The highest BCUT2D eigenvalue weighted by Crippen LogP contribution is 2.21. The minimum absolute atomic E-state index is 0.0552. The van der Waals surface area contributed by atoms with Gasteiger partial charge in [-0.25, -0.2) is 0 Å². The van der Waals surface area contributed by atoms with Crippen LogP contribution in [0.15, 0.2) is 18.2 Å². The molecule has 0 saturated carbocycles. The lowest BCUT2D eigenvalue weighted by atomic mass is 10.2. The van der Waals surface area contributed by atoms with Crippen LogP contribution in [0.3, 0.4) is 0 Å². The van der Waals surface area contributed by atoms with E-state index in [0.717, 1.165) is 0 Å². The lowest BCUT2D eigenvalue weighted by molar-refractivity contribution is -1.24. The number of rotatable bonds is 0. The Kier molecular flexibility index (Phi) is 1.50. The molecule has 2 atom stereocenters. The molecule has 1 aromatic rings. The summed E-state index contributed by atoms with van der Waals surface area (Å²) in [6.07, 6.45) is 0. The zero-order valence-electron chi connectivity index (χ0n) is 5.90. The van der Waals surface area contributed by atoms with E-state index in [1.54, 1.807) is 0 Å². The highest BCUT2D eigenvalue weighted by Gasteiger charge is 2.29. The number of hydrogen-bond donors (Lipinski definition) is 3. The third-order valence-corrected chi connectivity index (χ3v) is 1.63. The predicted octanol–water partition coefficient (Wildman–Crippen LogP) is -1.72. The van der Waals surface area contributed by atoms with Crippen LogP contribution >= 0.6 is 0 Å². The van der Waals surface area contributed by atoms with Crippen LogP contribution in [0.5, 0.6) is 5.75 Å². The first-order chi connectivity index (χ1) is 5.68. The van der Waals surface area contributed by atoms with Crippen LogP contribution in [0.4, 0.5) is 11.4 Å². The van der Waals surface area contributed by atoms with Crippen molar-refractivity contribution in [3.63, 3.8) is 0 Å². The topological polar surface area (TPSA) is 84.5 Å². The summed E-state index contributed by atoms with van der Waals surface area (Å²) in [4.78, 5) is 4.30.